The van der Waals surface area contributed by atoms with Gasteiger partial charge >= 0.3 is 5.97 Å². The standard InChI is InChI=1S/C18H28N2O3.ClH/c1-14-5-6-16(11-15(14)2)23-10-4-8-20-9-7-18(3,13-20)19-12-17(21)22;/h5-6,11,19H,4,7-10,12-13H2,1-3H3,(H,21,22);1H. The third kappa shape index (κ3) is 6.30. The summed E-state index contributed by atoms with van der Waals surface area (Å²) < 4.78 is 5.81. The molecule has 136 valence electrons. The summed E-state index contributed by atoms with van der Waals surface area (Å²) in [7, 11) is 0. The van der Waals surface area contributed by atoms with Crippen molar-refractivity contribution in [3.63, 3.8) is 0 Å². The molecule has 0 spiro atoms. The molecule has 1 unspecified atom stereocenters. The number of hydrogen-bond donors (Lipinski definition) is 2. The van der Waals surface area contributed by atoms with E-state index in [2.05, 4.69) is 43.1 Å². The highest BCUT2D eigenvalue weighted by atomic mass is 35.5. The van der Waals surface area contributed by atoms with E-state index in [4.69, 9.17) is 9.84 Å². The number of carboxylic acids is 1. The minimum absolute atomic E-state index is 0. The summed E-state index contributed by atoms with van der Waals surface area (Å²) in [4.78, 5) is 13.1. The molecule has 1 aromatic rings. The van der Waals surface area contributed by atoms with Crippen LogP contribution in [0.3, 0.4) is 0 Å². The van der Waals surface area contributed by atoms with Gasteiger partial charge in [-0.15, -0.1) is 12.4 Å². The molecule has 1 aliphatic heterocycles. The highest BCUT2D eigenvalue weighted by molar-refractivity contribution is 5.85. The normalized spacial score (nSPS) is 20.6. The molecule has 1 fully saturated rings. The van der Waals surface area contributed by atoms with Crippen LogP contribution < -0.4 is 10.1 Å². The minimum Gasteiger partial charge on any atom is -0.494 e. The Kier molecular flexibility index (Phi) is 8.00. The first-order chi connectivity index (χ1) is 10.9. The lowest BCUT2D eigenvalue weighted by atomic mass is 10.0. The van der Waals surface area contributed by atoms with Crippen LogP contribution in [0.15, 0.2) is 18.2 Å². The van der Waals surface area contributed by atoms with Crippen molar-refractivity contribution in [3.05, 3.63) is 29.3 Å². The van der Waals surface area contributed by atoms with Crippen molar-refractivity contribution >= 4 is 18.4 Å². The molecule has 1 heterocycles. The number of hydrogen-bond acceptors (Lipinski definition) is 4. The Bertz CT molecular complexity index is 553. The van der Waals surface area contributed by atoms with Gasteiger partial charge in [-0.05, 0) is 56.9 Å². The lowest BCUT2D eigenvalue weighted by Crippen LogP contribution is -2.47. The summed E-state index contributed by atoms with van der Waals surface area (Å²) >= 11 is 0. The molecule has 0 radical (unpaired) electrons. The van der Waals surface area contributed by atoms with Gasteiger partial charge < -0.3 is 20.1 Å². The van der Waals surface area contributed by atoms with Crippen molar-refractivity contribution in [1.82, 2.24) is 10.2 Å². The summed E-state index contributed by atoms with van der Waals surface area (Å²) in [6, 6.07) is 6.19. The molecule has 0 aromatic heterocycles. The molecule has 0 saturated carbocycles. The van der Waals surface area contributed by atoms with E-state index in [0.717, 1.165) is 38.2 Å². The van der Waals surface area contributed by atoms with E-state index < -0.39 is 5.97 Å². The summed E-state index contributed by atoms with van der Waals surface area (Å²) in [6.45, 7) is 9.91. The molecule has 1 aliphatic rings. The minimum atomic E-state index is -0.800. The molecule has 2 N–H and O–H groups in total. The van der Waals surface area contributed by atoms with Crippen LogP contribution in [0.2, 0.25) is 0 Å². The Morgan fingerprint density at radius 1 is 1.38 bits per heavy atom. The molecule has 1 saturated heterocycles. The molecular formula is C18H29ClN2O3. The maximum atomic E-state index is 10.7. The molecule has 24 heavy (non-hydrogen) atoms. The number of rotatable bonds is 8. The zero-order chi connectivity index (χ0) is 16.9. The number of ether oxygens (including phenoxy) is 1. The molecule has 2 rings (SSSR count). The van der Waals surface area contributed by atoms with Gasteiger partial charge in [0.25, 0.3) is 0 Å². The van der Waals surface area contributed by atoms with Crippen LogP contribution in [0.5, 0.6) is 5.75 Å². The summed E-state index contributed by atoms with van der Waals surface area (Å²) in [6.07, 6.45) is 1.96. The second-order valence-corrected chi connectivity index (χ2v) is 6.78. The van der Waals surface area contributed by atoms with Crippen molar-refractivity contribution in [3.8, 4) is 5.75 Å². The average molecular weight is 357 g/mol. The fraction of sp³-hybridized carbons (Fsp3) is 0.611. The van der Waals surface area contributed by atoms with E-state index in [-0.39, 0.29) is 24.5 Å². The fourth-order valence-electron chi connectivity index (χ4n) is 2.96. The quantitative estimate of drug-likeness (QED) is 0.701. The molecule has 1 atom stereocenters. The Morgan fingerprint density at radius 2 is 2.12 bits per heavy atom. The lowest BCUT2D eigenvalue weighted by Gasteiger charge is -2.25. The van der Waals surface area contributed by atoms with Crippen LogP contribution >= 0.6 is 12.4 Å². The van der Waals surface area contributed by atoms with Crippen molar-refractivity contribution in [1.29, 1.82) is 0 Å². The highest BCUT2D eigenvalue weighted by Gasteiger charge is 2.33. The third-order valence-electron chi connectivity index (χ3n) is 4.58. The van der Waals surface area contributed by atoms with Gasteiger partial charge in [0.2, 0.25) is 0 Å². The van der Waals surface area contributed by atoms with Gasteiger partial charge in [0.05, 0.1) is 13.2 Å². The topological polar surface area (TPSA) is 61.8 Å². The number of carbonyl (C=O) groups is 1. The molecule has 0 bridgehead atoms. The number of likely N-dealkylation sites (tertiary alicyclic amines) is 1. The molecule has 0 aliphatic carbocycles. The average Bonchev–Trinajstić information content (AvgIpc) is 2.87. The van der Waals surface area contributed by atoms with E-state index >= 15 is 0 Å². The van der Waals surface area contributed by atoms with Crippen molar-refractivity contribution in [2.24, 2.45) is 0 Å². The van der Waals surface area contributed by atoms with E-state index in [1.165, 1.54) is 11.1 Å². The zero-order valence-corrected chi connectivity index (χ0v) is 15.6. The van der Waals surface area contributed by atoms with E-state index in [1.54, 1.807) is 0 Å². The molecular weight excluding hydrogens is 328 g/mol. The molecule has 0 amide bonds. The van der Waals surface area contributed by atoms with Crippen LogP contribution in [0.25, 0.3) is 0 Å². The van der Waals surface area contributed by atoms with E-state index in [0.29, 0.717) is 6.61 Å². The fourth-order valence-corrected chi connectivity index (χ4v) is 2.96. The van der Waals surface area contributed by atoms with Crippen molar-refractivity contribution in [2.75, 3.05) is 32.8 Å². The SMILES string of the molecule is Cc1ccc(OCCCN2CCC(C)(NCC(=O)O)C2)cc1C.Cl. The number of benzene rings is 1. The third-order valence-corrected chi connectivity index (χ3v) is 4.58. The van der Waals surface area contributed by atoms with Gasteiger partial charge in [0.1, 0.15) is 5.75 Å². The monoisotopic (exact) mass is 356 g/mol. The number of halogens is 1. The Morgan fingerprint density at radius 3 is 2.79 bits per heavy atom. The second kappa shape index (κ2) is 9.25. The number of aryl methyl sites for hydroxylation is 2. The van der Waals surface area contributed by atoms with Crippen LogP contribution in [-0.4, -0.2) is 54.3 Å². The Balaban J connectivity index is 0.00000288. The van der Waals surface area contributed by atoms with Crippen LogP contribution in [-0.2, 0) is 4.79 Å². The number of nitrogens with one attached hydrogen (secondary N) is 1. The van der Waals surface area contributed by atoms with Gasteiger partial charge in [-0.3, -0.25) is 4.79 Å². The maximum absolute atomic E-state index is 10.7. The predicted molar refractivity (Wildman–Crippen MR) is 98.4 cm³/mol. The van der Waals surface area contributed by atoms with Gasteiger partial charge in [0.15, 0.2) is 0 Å². The first kappa shape index (κ1) is 20.7. The summed E-state index contributed by atoms with van der Waals surface area (Å²) in [5, 5.41) is 11.9. The van der Waals surface area contributed by atoms with Gasteiger partial charge in [-0.1, -0.05) is 6.07 Å². The Hall–Kier alpha value is -1.30. The second-order valence-electron chi connectivity index (χ2n) is 6.78. The van der Waals surface area contributed by atoms with Crippen LogP contribution in [0, 0.1) is 13.8 Å². The van der Waals surface area contributed by atoms with Crippen molar-refractivity contribution < 1.29 is 14.6 Å². The van der Waals surface area contributed by atoms with E-state index in [1.807, 2.05) is 6.07 Å². The number of nitrogens with zero attached hydrogens (tertiary/aromatic N) is 1. The number of carboxylic acid groups (broad SMARTS) is 1. The predicted octanol–water partition coefficient (Wildman–Crippen LogP) is 2.63. The first-order valence-corrected chi connectivity index (χ1v) is 8.27. The number of aliphatic carboxylic acids is 1. The van der Waals surface area contributed by atoms with Gasteiger partial charge in [0, 0.05) is 25.2 Å². The largest absolute Gasteiger partial charge is 0.494 e. The lowest BCUT2D eigenvalue weighted by molar-refractivity contribution is -0.136. The Labute approximate surface area is 150 Å². The highest BCUT2D eigenvalue weighted by Crippen LogP contribution is 2.21. The summed E-state index contributed by atoms with van der Waals surface area (Å²) in [5.41, 5.74) is 2.44. The van der Waals surface area contributed by atoms with Gasteiger partial charge in [-0.25, -0.2) is 0 Å². The van der Waals surface area contributed by atoms with Gasteiger partial charge in [-0.2, -0.15) is 0 Å². The molecule has 1 aromatic carbocycles. The van der Waals surface area contributed by atoms with Crippen molar-refractivity contribution in [2.45, 2.75) is 39.2 Å². The molecule has 6 heteroatoms. The maximum Gasteiger partial charge on any atom is 0.317 e. The zero-order valence-electron chi connectivity index (χ0n) is 14.8. The first-order valence-electron chi connectivity index (χ1n) is 8.27. The molecule has 5 nitrogen and oxygen atoms in total. The van der Waals surface area contributed by atoms with E-state index in [9.17, 15) is 4.79 Å². The smallest absolute Gasteiger partial charge is 0.317 e. The van der Waals surface area contributed by atoms with Crippen LogP contribution in [0.1, 0.15) is 30.9 Å². The van der Waals surface area contributed by atoms with Crippen LogP contribution in [0.4, 0.5) is 0 Å². The summed E-state index contributed by atoms with van der Waals surface area (Å²) in [5.74, 6) is 0.133.